The molecular weight excluding hydrogens is 266 g/mol. The molecule has 0 aliphatic heterocycles. The van der Waals surface area contributed by atoms with Gasteiger partial charge in [0.05, 0.1) is 6.61 Å². The molecule has 0 heterocycles. The summed E-state index contributed by atoms with van der Waals surface area (Å²) in [5, 5.41) is 2.53. The average molecular weight is 289 g/mol. The molecule has 1 amide bonds. The van der Waals surface area contributed by atoms with Gasteiger partial charge in [-0.2, -0.15) is 0 Å². The number of amides is 1. The number of hydrogen-bond acceptors (Lipinski definition) is 3. The van der Waals surface area contributed by atoms with E-state index in [-0.39, 0.29) is 19.9 Å². The largest absolute Gasteiger partial charge is 0.464 e. The maximum absolute atomic E-state index is 11.8. The number of hydrogen-bond donors (Lipinski definition) is 1. The molecule has 1 aromatic carbocycles. The highest BCUT2D eigenvalue weighted by Gasteiger charge is 2.08. The van der Waals surface area contributed by atoms with Crippen molar-refractivity contribution in [3.63, 3.8) is 0 Å². The van der Waals surface area contributed by atoms with Gasteiger partial charge < -0.3 is 10.1 Å². The normalized spacial score (nSPS) is 8.86. The van der Waals surface area contributed by atoms with Gasteiger partial charge in [-0.1, -0.05) is 26.7 Å². The summed E-state index contributed by atoms with van der Waals surface area (Å²) in [6, 6.07) is 6.89. The lowest BCUT2D eigenvalue weighted by molar-refractivity contribution is -0.142. The average Bonchev–Trinajstić information content (AvgIpc) is 2.46. The van der Waals surface area contributed by atoms with E-state index in [0.29, 0.717) is 12.2 Å². The summed E-state index contributed by atoms with van der Waals surface area (Å²) in [7, 11) is 0. The summed E-state index contributed by atoms with van der Waals surface area (Å²) in [5.41, 5.74) is 1.34. The quantitative estimate of drug-likeness (QED) is 0.498. The van der Waals surface area contributed by atoms with Crippen LogP contribution in [0.3, 0.4) is 0 Å². The number of rotatable bonds is 6. The zero-order valence-electron chi connectivity index (χ0n) is 11.9. The number of benzene rings is 1. The molecule has 0 fully saturated rings. The Kier molecular flexibility index (Phi) is 9.36. The zero-order chi connectivity index (χ0) is 14.8. The minimum absolute atomic E-state index is 0. The van der Waals surface area contributed by atoms with Crippen molar-refractivity contribution in [2.75, 3.05) is 13.2 Å². The van der Waals surface area contributed by atoms with Crippen LogP contribution < -0.4 is 5.32 Å². The predicted octanol–water partition coefficient (Wildman–Crippen LogP) is 2.77. The number of carbonyl (C=O) groups excluding carboxylic acids is 2. The van der Waals surface area contributed by atoms with Gasteiger partial charge in [-0.3, -0.25) is 9.59 Å². The van der Waals surface area contributed by atoms with Crippen molar-refractivity contribution >= 4 is 11.9 Å². The second kappa shape index (κ2) is 10.5. The molecule has 1 N–H and O–H groups in total. The van der Waals surface area contributed by atoms with Crippen LogP contribution in [0.15, 0.2) is 24.3 Å². The molecule has 114 valence electrons. The summed E-state index contributed by atoms with van der Waals surface area (Å²) in [4.78, 5) is 23.1. The first-order valence-corrected chi connectivity index (χ1v) is 6.64. The summed E-state index contributed by atoms with van der Waals surface area (Å²) >= 11 is 0. The van der Waals surface area contributed by atoms with Gasteiger partial charge in [-0.25, -0.2) is 0 Å². The van der Waals surface area contributed by atoms with Gasteiger partial charge in [0.25, 0.3) is 5.91 Å². The Morgan fingerprint density at radius 3 is 2.48 bits per heavy atom. The van der Waals surface area contributed by atoms with E-state index in [2.05, 4.69) is 17.2 Å². The van der Waals surface area contributed by atoms with Crippen LogP contribution in [-0.2, 0) is 9.53 Å². The van der Waals surface area contributed by atoms with Gasteiger partial charge in [0.15, 0.2) is 0 Å². The van der Waals surface area contributed by atoms with Gasteiger partial charge in [0.2, 0.25) is 0 Å². The highest BCUT2D eigenvalue weighted by molar-refractivity contribution is 5.95. The molecule has 1 aromatic rings. The van der Waals surface area contributed by atoms with Crippen LogP contribution >= 0.6 is 0 Å². The second-order valence-corrected chi connectivity index (χ2v) is 4.21. The van der Waals surface area contributed by atoms with Crippen molar-refractivity contribution in [1.29, 1.82) is 0 Å². The number of esters is 1. The van der Waals surface area contributed by atoms with Crippen LogP contribution in [0.4, 0.5) is 0 Å². The van der Waals surface area contributed by atoms with Crippen molar-refractivity contribution in [3.05, 3.63) is 35.4 Å². The van der Waals surface area contributed by atoms with Gasteiger partial charge in [-0.15, -0.1) is 5.92 Å². The standard InChI is InChI=1S/C16H19NO3.CH4/c1-3-5-11-20-15(18)12-17-16(19)14-9-7-13(6-4-2)8-10-14;/h7-10H,3,5,11-12H2,1-2H3,(H,17,19);1H4. The van der Waals surface area contributed by atoms with Gasteiger partial charge in [-0.05, 0) is 37.6 Å². The van der Waals surface area contributed by atoms with E-state index < -0.39 is 5.97 Å². The molecule has 0 aliphatic carbocycles. The molecule has 4 nitrogen and oxygen atoms in total. The minimum atomic E-state index is -0.416. The second-order valence-electron chi connectivity index (χ2n) is 4.21. The Labute approximate surface area is 126 Å². The molecule has 0 aromatic heterocycles. The fourth-order valence-corrected chi connectivity index (χ4v) is 1.49. The first-order chi connectivity index (χ1) is 9.67. The first kappa shape index (κ1) is 18.7. The zero-order valence-corrected chi connectivity index (χ0v) is 11.9. The monoisotopic (exact) mass is 289 g/mol. The third-order valence-corrected chi connectivity index (χ3v) is 2.57. The van der Waals surface area contributed by atoms with E-state index in [1.807, 2.05) is 6.92 Å². The van der Waals surface area contributed by atoms with E-state index in [1.165, 1.54) is 0 Å². The Bertz CT molecular complexity index is 509. The number of ether oxygens (including phenoxy) is 1. The SMILES string of the molecule is C.CC#Cc1ccc(C(=O)NCC(=O)OCCCC)cc1. The Balaban J connectivity index is 0.00000400. The van der Waals surface area contributed by atoms with Crippen molar-refractivity contribution in [3.8, 4) is 11.8 Å². The van der Waals surface area contributed by atoms with Crippen molar-refractivity contribution in [1.82, 2.24) is 5.32 Å². The third-order valence-electron chi connectivity index (χ3n) is 2.57. The van der Waals surface area contributed by atoms with Crippen molar-refractivity contribution in [2.24, 2.45) is 0 Å². The molecule has 0 unspecified atom stereocenters. The van der Waals surface area contributed by atoms with Crippen LogP contribution in [-0.4, -0.2) is 25.0 Å². The molecule has 0 saturated carbocycles. The lowest BCUT2D eigenvalue weighted by Gasteiger charge is -2.06. The number of carbonyl (C=O) groups is 2. The smallest absolute Gasteiger partial charge is 0.325 e. The van der Waals surface area contributed by atoms with E-state index in [0.717, 1.165) is 18.4 Å². The Morgan fingerprint density at radius 1 is 1.24 bits per heavy atom. The first-order valence-electron chi connectivity index (χ1n) is 6.64. The minimum Gasteiger partial charge on any atom is -0.464 e. The molecule has 21 heavy (non-hydrogen) atoms. The Hall–Kier alpha value is -2.28. The molecule has 4 heteroatoms. The van der Waals surface area contributed by atoms with Gasteiger partial charge >= 0.3 is 5.97 Å². The molecule has 0 spiro atoms. The van der Waals surface area contributed by atoms with Crippen LogP contribution in [0.5, 0.6) is 0 Å². The number of unbranched alkanes of at least 4 members (excludes halogenated alkanes) is 1. The van der Waals surface area contributed by atoms with Crippen molar-refractivity contribution in [2.45, 2.75) is 34.1 Å². The summed E-state index contributed by atoms with van der Waals surface area (Å²) < 4.78 is 4.95. The predicted molar refractivity (Wildman–Crippen MR) is 83.9 cm³/mol. The molecule has 0 radical (unpaired) electrons. The maximum Gasteiger partial charge on any atom is 0.325 e. The van der Waals surface area contributed by atoms with Crippen LogP contribution in [0.1, 0.15) is 50.0 Å². The van der Waals surface area contributed by atoms with Gasteiger partial charge in [0.1, 0.15) is 6.54 Å². The number of nitrogens with one attached hydrogen (secondary N) is 1. The topological polar surface area (TPSA) is 55.4 Å². The fraction of sp³-hybridized carbons (Fsp3) is 0.412. The van der Waals surface area contributed by atoms with E-state index in [9.17, 15) is 9.59 Å². The van der Waals surface area contributed by atoms with E-state index in [4.69, 9.17) is 4.74 Å². The maximum atomic E-state index is 11.8. The molecule has 1 rings (SSSR count). The van der Waals surface area contributed by atoms with Crippen LogP contribution in [0.2, 0.25) is 0 Å². The summed E-state index contributed by atoms with van der Waals surface area (Å²) in [6.07, 6.45) is 1.80. The van der Waals surface area contributed by atoms with E-state index >= 15 is 0 Å². The van der Waals surface area contributed by atoms with E-state index in [1.54, 1.807) is 31.2 Å². The molecule has 0 aliphatic rings. The molecule has 0 saturated heterocycles. The molecular formula is C17H23NO3. The highest BCUT2D eigenvalue weighted by atomic mass is 16.5. The highest BCUT2D eigenvalue weighted by Crippen LogP contribution is 2.03. The lowest BCUT2D eigenvalue weighted by Crippen LogP contribution is -2.30. The van der Waals surface area contributed by atoms with Crippen molar-refractivity contribution < 1.29 is 14.3 Å². The lowest BCUT2D eigenvalue weighted by atomic mass is 10.1. The van der Waals surface area contributed by atoms with Gasteiger partial charge in [0, 0.05) is 11.1 Å². The third kappa shape index (κ3) is 7.17. The summed E-state index contributed by atoms with van der Waals surface area (Å²) in [5.74, 6) is 4.97. The Morgan fingerprint density at radius 2 is 1.90 bits per heavy atom. The van der Waals surface area contributed by atoms with Crippen LogP contribution in [0, 0.1) is 11.8 Å². The molecule has 0 atom stereocenters. The van der Waals surface area contributed by atoms with Crippen LogP contribution in [0.25, 0.3) is 0 Å². The summed E-state index contributed by atoms with van der Waals surface area (Å²) in [6.45, 7) is 4.06. The fourth-order valence-electron chi connectivity index (χ4n) is 1.49. The molecule has 0 bridgehead atoms.